The van der Waals surface area contributed by atoms with Crippen LogP contribution in [0.4, 0.5) is 0 Å². The zero-order valence-electron chi connectivity index (χ0n) is 14.5. The number of primary amides is 1. The molecule has 0 bridgehead atoms. The number of aliphatic imine (C=N–C) groups is 1. The van der Waals surface area contributed by atoms with Gasteiger partial charge in [-0.2, -0.15) is 0 Å². The van der Waals surface area contributed by atoms with E-state index in [1.807, 2.05) is 42.1 Å². The molecule has 1 amide bonds. The monoisotopic (exact) mass is 356 g/mol. The maximum absolute atomic E-state index is 11.2. The highest BCUT2D eigenvalue weighted by molar-refractivity contribution is 8.00. The van der Waals surface area contributed by atoms with Crippen molar-refractivity contribution < 1.29 is 4.79 Å². The van der Waals surface area contributed by atoms with E-state index in [-0.39, 0.29) is 0 Å². The van der Waals surface area contributed by atoms with E-state index in [2.05, 4.69) is 34.7 Å². The molecule has 0 aliphatic carbocycles. The molecule has 1 atom stereocenters. The van der Waals surface area contributed by atoms with Gasteiger partial charge in [0.15, 0.2) is 5.96 Å². The smallest absolute Gasteiger partial charge is 0.248 e. The van der Waals surface area contributed by atoms with Crippen LogP contribution in [0, 0.1) is 0 Å². The Kier molecular flexibility index (Phi) is 7.35. The summed E-state index contributed by atoms with van der Waals surface area (Å²) in [6, 6.07) is 17.6. The molecule has 0 spiro atoms. The molecule has 0 radical (unpaired) electrons. The summed E-state index contributed by atoms with van der Waals surface area (Å²) in [6.07, 6.45) is 0. The predicted octanol–water partition coefficient (Wildman–Crippen LogP) is 2.63. The van der Waals surface area contributed by atoms with Crippen LogP contribution in [0.2, 0.25) is 0 Å². The molecule has 0 saturated carbocycles. The SMILES string of the molecule is CN=C(NCc1cccc(C(N)=O)c1)NCC(C)Sc1ccccc1. The average molecular weight is 356 g/mol. The third-order valence-electron chi connectivity index (χ3n) is 3.53. The van der Waals surface area contributed by atoms with Crippen LogP contribution in [-0.4, -0.2) is 30.7 Å². The Morgan fingerprint density at radius 3 is 2.60 bits per heavy atom. The molecule has 0 aromatic heterocycles. The molecule has 2 aromatic carbocycles. The molecular weight excluding hydrogens is 332 g/mol. The number of guanidine groups is 1. The van der Waals surface area contributed by atoms with Gasteiger partial charge in [-0.1, -0.05) is 37.3 Å². The summed E-state index contributed by atoms with van der Waals surface area (Å²) in [7, 11) is 1.74. The Bertz CT molecular complexity index is 718. The minimum atomic E-state index is -0.420. The number of carbonyl (C=O) groups excluding carboxylic acids is 1. The summed E-state index contributed by atoms with van der Waals surface area (Å²) in [6.45, 7) is 3.54. The van der Waals surface area contributed by atoms with Crippen molar-refractivity contribution in [3.8, 4) is 0 Å². The topological polar surface area (TPSA) is 79.5 Å². The third-order valence-corrected chi connectivity index (χ3v) is 4.65. The quantitative estimate of drug-likeness (QED) is 0.405. The lowest BCUT2D eigenvalue weighted by Crippen LogP contribution is -2.39. The van der Waals surface area contributed by atoms with Crippen LogP contribution in [0.5, 0.6) is 0 Å². The lowest BCUT2D eigenvalue weighted by Gasteiger charge is -2.16. The lowest BCUT2D eigenvalue weighted by atomic mass is 10.1. The van der Waals surface area contributed by atoms with Crippen LogP contribution in [0.1, 0.15) is 22.8 Å². The number of amides is 1. The Morgan fingerprint density at radius 2 is 1.92 bits per heavy atom. The van der Waals surface area contributed by atoms with Crippen LogP contribution in [0.25, 0.3) is 0 Å². The molecule has 1 unspecified atom stereocenters. The van der Waals surface area contributed by atoms with Gasteiger partial charge in [0.2, 0.25) is 5.91 Å². The fourth-order valence-electron chi connectivity index (χ4n) is 2.25. The van der Waals surface area contributed by atoms with Crippen molar-refractivity contribution in [3.05, 3.63) is 65.7 Å². The molecule has 0 fully saturated rings. The first-order chi connectivity index (χ1) is 12.1. The highest BCUT2D eigenvalue weighted by Gasteiger charge is 2.06. The van der Waals surface area contributed by atoms with E-state index in [0.29, 0.717) is 17.4 Å². The van der Waals surface area contributed by atoms with E-state index in [1.165, 1.54) is 4.90 Å². The maximum atomic E-state index is 11.2. The van der Waals surface area contributed by atoms with Crippen molar-refractivity contribution >= 4 is 23.6 Å². The molecule has 0 saturated heterocycles. The Morgan fingerprint density at radius 1 is 1.16 bits per heavy atom. The van der Waals surface area contributed by atoms with Gasteiger partial charge >= 0.3 is 0 Å². The van der Waals surface area contributed by atoms with Gasteiger partial charge in [0.1, 0.15) is 0 Å². The predicted molar refractivity (Wildman–Crippen MR) is 105 cm³/mol. The van der Waals surface area contributed by atoms with E-state index >= 15 is 0 Å². The van der Waals surface area contributed by atoms with Gasteiger partial charge in [0, 0.05) is 35.8 Å². The number of nitrogens with zero attached hydrogens (tertiary/aromatic N) is 1. The van der Waals surface area contributed by atoms with Crippen molar-refractivity contribution in [1.29, 1.82) is 0 Å². The molecule has 25 heavy (non-hydrogen) atoms. The normalized spacial score (nSPS) is 12.5. The lowest BCUT2D eigenvalue weighted by molar-refractivity contribution is 0.1000. The van der Waals surface area contributed by atoms with E-state index < -0.39 is 5.91 Å². The largest absolute Gasteiger partial charge is 0.366 e. The van der Waals surface area contributed by atoms with Crippen molar-refractivity contribution in [2.75, 3.05) is 13.6 Å². The number of thioether (sulfide) groups is 1. The molecule has 0 aliphatic heterocycles. The fraction of sp³-hybridized carbons (Fsp3) is 0.263. The summed E-state index contributed by atoms with van der Waals surface area (Å²) >= 11 is 1.82. The summed E-state index contributed by atoms with van der Waals surface area (Å²) in [4.78, 5) is 16.7. The van der Waals surface area contributed by atoms with Crippen molar-refractivity contribution in [2.45, 2.75) is 23.6 Å². The second kappa shape index (κ2) is 9.74. The number of benzene rings is 2. The summed E-state index contributed by atoms with van der Waals surface area (Å²) < 4.78 is 0. The van der Waals surface area contributed by atoms with Crippen molar-refractivity contribution in [2.24, 2.45) is 10.7 Å². The molecular formula is C19H24N4OS. The van der Waals surface area contributed by atoms with Gasteiger partial charge < -0.3 is 16.4 Å². The van der Waals surface area contributed by atoms with Crippen molar-refractivity contribution in [1.82, 2.24) is 10.6 Å². The summed E-state index contributed by atoms with van der Waals surface area (Å²) in [5, 5.41) is 6.97. The van der Waals surface area contributed by atoms with Crippen LogP contribution in [0.15, 0.2) is 64.5 Å². The first-order valence-electron chi connectivity index (χ1n) is 8.13. The molecule has 0 heterocycles. The molecule has 2 rings (SSSR count). The molecule has 6 heteroatoms. The second-order valence-corrected chi connectivity index (χ2v) is 7.12. The Labute approximate surface area is 153 Å². The standard InChI is InChI=1S/C19H24N4OS/c1-14(25-17-9-4-3-5-10-17)12-22-19(21-2)23-13-15-7-6-8-16(11-15)18(20)24/h3-11,14H,12-13H2,1-2H3,(H2,20,24)(H2,21,22,23). The number of carbonyl (C=O) groups is 1. The Balaban J connectivity index is 1.80. The second-order valence-electron chi connectivity index (χ2n) is 5.61. The highest BCUT2D eigenvalue weighted by atomic mass is 32.2. The molecule has 0 aliphatic rings. The summed E-state index contributed by atoms with van der Waals surface area (Å²) in [5.41, 5.74) is 6.80. The maximum Gasteiger partial charge on any atom is 0.248 e. The number of hydrogen-bond donors (Lipinski definition) is 3. The van der Waals surface area contributed by atoms with Crippen LogP contribution in [0.3, 0.4) is 0 Å². The van der Waals surface area contributed by atoms with E-state index in [4.69, 9.17) is 5.73 Å². The van der Waals surface area contributed by atoms with Gasteiger partial charge in [-0.15, -0.1) is 11.8 Å². The highest BCUT2D eigenvalue weighted by Crippen LogP contribution is 2.21. The first kappa shape index (κ1) is 18.9. The van der Waals surface area contributed by atoms with Crippen LogP contribution in [-0.2, 0) is 6.54 Å². The first-order valence-corrected chi connectivity index (χ1v) is 9.01. The number of nitrogens with one attached hydrogen (secondary N) is 2. The number of hydrogen-bond acceptors (Lipinski definition) is 3. The minimum Gasteiger partial charge on any atom is -0.366 e. The molecule has 132 valence electrons. The van der Waals surface area contributed by atoms with Crippen molar-refractivity contribution in [3.63, 3.8) is 0 Å². The van der Waals surface area contributed by atoms with E-state index in [0.717, 1.165) is 18.1 Å². The molecule has 5 nitrogen and oxygen atoms in total. The zero-order chi connectivity index (χ0) is 18.1. The van der Waals surface area contributed by atoms with Gasteiger partial charge in [0.05, 0.1) is 0 Å². The van der Waals surface area contributed by atoms with Gasteiger partial charge in [0.25, 0.3) is 0 Å². The van der Waals surface area contributed by atoms with Gasteiger partial charge in [-0.25, -0.2) is 0 Å². The number of nitrogens with two attached hydrogens (primary N) is 1. The zero-order valence-corrected chi connectivity index (χ0v) is 15.3. The van der Waals surface area contributed by atoms with Crippen LogP contribution < -0.4 is 16.4 Å². The molecule has 4 N–H and O–H groups in total. The average Bonchev–Trinajstić information content (AvgIpc) is 2.63. The fourth-order valence-corrected chi connectivity index (χ4v) is 3.20. The summed E-state index contributed by atoms with van der Waals surface area (Å²) in [5.74, 6) is 0.307. The number of rotatable bonds is 7. The van der Waals surface area contributed by atoms with Gasteiger partial charge in [-0.05, 0) is 29.8 Å². The van der Waals surface area contributed by atoms with E-state index in [9.17, 15) is 4.79 Å². The third kappa shape index (κ3) is 6.51. The minimum absolute atomic E-state index is 0.402. The van der Waals surface area contributed by atoms with Crippen LogP contribution >= 0.6 is 11.8 Å². The van der Waals surface area contributed by atoms with E-state index in [1.54, 1.807) is 19.2 Å². The molecule has 2 aromatic rings. The Hall–Kier alpha value is -2.47. The van der Waals surface area contributed by atoms with Gasteiger partial charge in [-0.3, -0.25) is 9.79 Å².